The van der Waals surface area contributed by atoms with Gasteiger partial charge < -0.3 is 35.6 Å². The van der Waals surface area contributed by atoms with E-state index in [0.717, 1.165) is 5.56 Å². The normalized spacial score (nSPS) is 22.0. The molecule has 1 amide bonds. The zero-order valence-electron chi connectivity index (χ0n) is 21.6. The number of benzene rings is 1. The first-order valence-electron chi connectivity index (χ1n) is 12.1. The Labute approximate surface area is 215 Å². The largest absolute Gasteiger partial charge is 0.448 e. The number of carbonyl (C=O) groups is 1. The van der Waals surface area contributed by atoms with Crippen molar-refractivity contribution >= 4 is 23.1 Å². The number of anilines is 1. The summed E-state index contributed by atoms with van der Waals surface area (Å²) in [6.07, 6.45) is 0.188. The second-order valence-electron chi connectivity index (χ2n) is 10.4. The number of rotatable bonds is 8. The minimum atomic E-state index is -1.76. The summed E-state index contributed by atoms with van der Waals surface area (Å²) in [6, 6.07) is 8.13. The molecule has 0 radical (unpaired) electrons. The van der Waals surface area contributed by atoms with E-state index in [0.29, 0.717) is 30.8 Å². The van der Waals surface area contributed by atoms with Crippen molar-refractivity contribution < 1.29 is 24.5 Å². The van der Waals surface area contributed by atoms with Gasteiger partial charge in [0, 0.05) is 19.6 Å². The lowest BCUT2D eigenvalue weighted by atomic mass is 9.87. The van der Waals surface area contributed by atoms with Crippen molar-refractivity contribution in [1.29, 1.82) is 0 Å². The molecule has 0 spiro atoms. The second kappa shape index (κ2) is 10.6. The number of alkyl carbamates (subject to hydrolysis) is 1. The van der Waals surface area contributed by atoms with E-state index in [1.54, 1.807) is 0 Å². The van der Waals surface area contributed by atoms with E-state index < -0.39 is 24.0 Å². The molecule has 12 nitrogen and oxygen atoms in total. The Morgan fingerprint density at radius 3 is 2.73 bits per heavy atom. The number of hydrogen-bond acceptors (Lipinski definition) is 10. The molecule has 1 saturated heterocycles. The molecule has 1 aromatic carbocycles. The molecule has 3 unspecified atom stereocenters. The minimum absolute atomic E-state index is 0.0759. The van der Waals surface area contributed by atoms with E-state index >= 15 is 0 Å². The third kappa shape index (κ3) is 5.82. The number of imidazole rings is 1. The topological polar surface area (TPSA) is 161 Å². The first-order chi connectivity index (χ1) is 17.5. The van der Waals surface area contributed by atoms with Crippen molar-refractivity contribution in [3.05, 3.63) is 48.0 Å². The van der Waals surface area contributed by atoms with E-state index in [4.69, 9.17) is 15.2 Å². The summed E-state index contributed by atoms with van der Waals surface area (Å²) in [5.74, 6) is 0.180. The molecule has 0 bridgehead atoms. The average Bonchev–Trinajstić information content (AvgIpc) is 3.41. The van der Waals surface area contributed by atoms with Gasteiger partial charge in [0.05, 0.1) is 12.9 Å². The fraction of sp³-hybridized carbons (Fsp3) is 0.520. The van der Waals surface area contributed by atoms with Crippen molar-refractivity contribution in [3.63, 3.8) is 0 Å². The van der Waals surface area contributed by atoms with Gasteiger partial charge in [0.2, 0.25) is 0 Å². The first kappa shape index (κ1) is 26.7. The maximum Gasteiger partial charge on any atom is 0.407 e. The van der Waals surface area contributed by atoms with Gasteiger partial charge in [-0.25, -0.2) is 19.7 Å². The number of nitrogens with zero attached hydrogens (tertiary/aromatic N) is 5. The van der Waals surface area contributed by atoms with E-state index in [1.807, 2.05) is 24.1 Å². The van der Waals surface area contributed by atoms with Crippen LogP contribution in [0.4, 0.5) is 10.6 Å². The third-order valence-electron chi connectivity index (χ3n) is 6.57. The van der Waals surface area contributed by atoms with Crippen LogP contribution in [0.2, 0.25) is 0 Å². The quantitative estimate of drug-likeness (QED) is 0.342. The third-order valence-corrected chi connectivity index (χ3v) is 6.57. The molecule has 200 valence electrons. The van der Waals surface area contributed by atoms with Crippen molar-refractivity contribution in [2.45, 2.75) is 50.7 Å². The highest BCUT2D eigenvalue weighted by molar-refractivity contribution is 5.81. The van der Waals surface area contributed by atoms with Crippen LogP contribution in [0.5, 0.6) is 0 Å². The predicted molar refractivity (Wildman–Crippen MR) is 137 cm³/mol. The number of hydrogen-bond donors (Lipinski definition) is 4. The molecule has 0 saturated carbocycles. The van der Waals surface area contributed by atoms with Crippen LogP contribution in [-0.2, 0) is 27.2 Å². The molecule has 3 aromatic rings. The minimum Gasteiger partial charge on any atom is -0.448 e. The smallest absolute Gasteiger partial charge is 0.407 e. The Balaban J connectivity index is 1.22. The lowest BCUT2D eigenvalue weighted by molar-refractivity contribution is -0.108. The van der Waals surface area contributed by atoms with E-state index in [9.17, 15) is 15.0 Å². The number of aliphatic hydroxyl groups excluding tert-OH is 1. The molecule has 37 heavy (non-hydrogen) atoms. The molecule has 3 atom stereocenters. The SMILES string of the molecule is CN(CCOC(=O)NCc1ccc(C(C)(C)C)cc1)CC1OCC(O)(n2cnc3c(N)ncnc32)C1O. The summed E-state index contributed by atoms with van der Waals surface area (Å²) in [6.45, 7) is 7.55. The monoisotopic (exact) mass is 513 g/mol. The number of fused-ring (bicyclic) bond motifs is 1. The summed E-state index contributed by atoms with van der Waals surface area (Å²) in [5, 5.41) is 24.8. The number of aromatic nitrogens is 4. The van der Waals surface area contributed by atoms with Crippen LogP contribution < -0.4 is 11.1 Å². The first-order valence-corrected chi connectivity index (χ1v) is 12.1. The Morgan fingerprint density at radius 2 is 2.03 bits per heavy atom. The van der Waals surface area contributed by atoms with Gasteiger partial charge in [-0.15, -0.1) is 0 Å². The average molecular weight is 514 g/mol. The Bertz CT molecular complexity index is 1230. The lowest BCUT2D eigenvalue weighted by Gasteiger charge is -2.29. The van der Waals surface area contributed by atoms with Crippen molar-refractivity contribution in [3.8, 4) is 0 Å². The number of ether oxygens (including phenoxy) is 2. The van der Waals surface area contributed by atoms with Crippen LogP contribution in [0, 0.1) is 0 Å². The Kier molecular flexibility index (Phi) is 7.64. The summed E-state index contributed by atoms with van der Waals surface area (Å²) < 4.78 is 12.4. The van der Waals surface area contributed by atoms with E-state index in [1.165, 1.54) is 22.8 Å². The zero-order valence-corrected chi connectivity index (χ0v) is 21.6. The van der Waals surface area contributed by atoms with E-state index in [-0.39, 0.29) is 24.4 Å². The number of likely N-dealkylation sites (N-methyl/N-ethyl adjacent to an activating group) is 1. The molecule has 0 aliphatic carbocycles. The molecular formula is C25H35N7O5. The van der Waals surface area contributed by atoms with Gasteiger partial charge in [-0.2, -0.15) is 0 Å². The second-order valence-corrected chi connectivity index (χ2v) is 10.4. The van der Waals surface area contributed by atoms with Crippen LogP contribution in [0.1, 0.15) is 31.9 Å². The molecule has 1 aliphatic rings. The number of nitrogens with two attached hydrogens (primary N) is 1. The molecule has 2 aromatic heterocycles. The summed E-state index contributed by atoms with van der Waals surface area (Å²) >= 11 is 0. The fourth-order valence-corrected chi connectivity index (χ4v) is 4.25. The number of carbonyl (C=O) groups excluding carboxylic acids is 1. The van der Waals surface area contributed by atoms with Crippen molar-refractivity contribution in [2.75, 3.05) is 39.1 Å². The van der Waals surface area contributed by atoms with Crippen LogP contribution in [0.25, 0.3) is 11.2 Å². The number of aliphatic hydroxyl groups is 2. The highest BCUT2D eigenvalue weighted by Gasteiger charge is 2.50. The van der Waals surface area contributed by atoms with E-state index in [2.05, 4.69) is 53.2 Å². The lowest BCUT2D eigenvalue weighted by Crippen LogP contribution is -2.48. The Hall–Kier alpha value is -3.32. The van der Waals surface area contributed by atoms with Gasteiger partial charge >= 0.3 is 6.09 Å². The number of nitrogen functional groups attached to an aromatic ring is 1. The predicted octanol–water partition coefficient (Wildman–Crippen LogP) is 0.969. The number of nitrogens with one attached hydrogen (secondary N) is 1. The zero-order chi connectivity index (χ0) is 26.8. The molecule has 3 heterocycles. The van der Waals surface area contributed by atoms with Crippen LogP contribution in [-0.4, -0.2) is 86.3 Å². The standard InChI is InChI=1S/C25H35N7O5/c1-24(2,3)17-7-5-16(6-8-17)11-27-23(34)36-10-9-31(4)12-18-20(33)25(35,13-37-18)32-15-30-19-21(26)28-14-29-22(19)32/h5-8,14-15,18,20,33,35H,9-13H2,1-4H3,(H,27,34)(H2,26,28,29). The molecular weight excluding hydrogens is 478 g/mol. The number of amides is 1. The highest BCUT2D eigenvalue weighted by atomic mass is 16.6. The highest BCUT2D eigenvalue weighted by Crippen LogP contribution is 2.32. The summed E-state index contributed by atoms with van der Waals surface area (Å²) in [4.78, 5) is 26.1. The van der Waals surface area contributed by atoms with Gasteiger partial charge in [-0.05, 0) is 23.6 Å². The van der Waals surface area contributed by atoms with Crippen LogP contribution >= 0.6 is 0 Å². The van der Waals surface area contributed by atoms with Crippen LogP contribution in [0.3, 0.4) is 0 Å². The fourth-order valence-electron chi connectivity index (χ4n) is 4.25. The maximum absolute atomic E-state index is 12.1. The summed E-state index contributed by atoms with van der Waals surface area (Å²) in [5.41, 5.74) is 6.99. The molecule has 4 rings (SSSR count). The molecule has 5 N–H and O–H groups in total. The van der Waals surface area contributed by atoms with Crippen molar-refractivity contribution in [2.24, 2.45) is 0 Å². The van der Waals surface area contributed by atoms with Gasteiger partial charge in [0.25, 0.3) is 0 Å². The van der Waals surface area contributed by atoms with Gasteiger partial charge in [-0.1, -0.05) is 45.0 Å². The van der Waals surface area contributed by atoms with Gasteiger partial charge in [-0.3, -0.25) is 4.57 Å². The molecule has 1 fully saturated rings. The van der Waals surface area contributed by atoms with Crippen LogP contribution in [0.15, 0.2) is 36.9 Å². The summed E-state index contributed by atoms with van der Waals surface area (Å²) in [7, 11) is 1.81. The maximum atomic E-state index is 12.1. The van der Waals surface area contributed by atoms with Gasteiger partial charge in [0.15, 0.2) is 17.2 Å². The molecule has 1 aliphatic heterocycles. The Morgan fingerprint density at radius 1 is 1.30 bits per heavy atom. The van der Waals surface area contributed by atoms with Gasteiger partial charge in [0.1, 0.15) is 30.7 Å². The molecule has 12 heteroatoms. The van der Waals surface area contributed by atoms with Crippen molar-refractivity contribution in [1.82, 2.24) is 29.7 Å².